The van der Waals surface area contributed by atoms with Gasteiger partial charge in [-0.2, -0.15) is 0 Å². The summed E-state index contributed by atoms with van der Waals surface area (Å²) in [6, 6.07) is 6.49. The molecule has 0 bridgehead atoms. The first kappa shape index (κ1) is 15.6. The van der Waals surface area contributed by atoms with Crippen LogP contribution in [0.5, 0.6) is 0 Å². The molecule has 1 atom stereocenters. The first-order valence-electron chi connectivity index (χ1n) is 6.60. The smallest absolute Gasteiger partial charge is 0.223 e. The van der Waals surface area contributed by atoms with Crippen LogP contribution in [-0.4, -0.2) is 18.0 Å². The Morgan fingerprint density at radius 3 is 2.74 bits per heavy atom. The number of nitrogens with one attached hydrogen (secondary N) is 1. The van der Waals surface area contributed by atoms with Crippen LogP contribution < -0.4 is 11.1 Å². The van der Waals surface area contributed by atoms with Gasteiger partial charge in [0.1, 0.15) is 5.82 Å². The van der Waals surface area contributed by atoms with E-state index in [1.54, 1.807) is 6.07 Å². The second kappa shape index (κ2) is 6.66. The molecule has 0 aliphatic carbocycles. The Labute approximate surface area is 114 Å². The lowest BCUT2D eigenvalue weighted by Crippen LogP contribution is -2.50. The number of hydrogen-bond donors (Lipinski definition) is 2. The third-order valence-corrected chi connectivity index (χ3v) is 3.17. The van der Waals surface area contributed by atoms with Gasteiger partial charge in [-0.3, -0.25) is 4.79 Å². The Bertz CT molecular complexity index is 432. The van der Waals surface area contributed by atoms with Gasteiger partial charge >= 0.3 is 0 Å². The SMILES string of the molecule is CC(CCc1cccc(F)c1)C(=O)NC(C)(C)CN. The van der Waals surface area contributed by atoms with Crippen molar-refractivity contribution in [2.75, 3.05) is 6.54 Å². The molecule has 106 valence electrons. The molecule has 0 fully saturated rings. The van der Waals surface area contributed by atoms with E-state index in [1.807, 2.05) is 26.8 Å². The lowest BCUT2D eigenvalue weighted by Gasteiger charge is -2.26. The zero-order chi connectivity index (χ0) is 14.5. The Morgan fingerprint density at radius 1 is 1.47 bits per heavy atom. The Hall–Kier alpha value is -1.42. The molecule has 0 heterocycles. The molecule has 19 heavy (non-hydrogen) atoms. The Kier molecular flexibility index (Phi) is 5.48. The van der Waals surface area contributed by atoms with Crippen LogP contribution in [-0.2, 0) is 11.2 Å². The molecule has 0 aliphatic heterocycles. The topological polar surface area (TPSA) is 55.1 Å². The standard InChI is InChI=1S/C15H23FN2O/c1-11(14(19)18-15(2,3)10-17)7-8-12-5-4-6-13(16)9-12/h4-6,9,11H,7-8,10,17H2,1-3H3,(H,18,19). The van der Waals surface area contributed by atoms with Crippen LogP contribution in [0.15, 0.2) is 24.3 Å². The number of rotatable bonds is 6. The summed E-state index contributed by atoms with van der Waals surface area (Å²) in [5.41, 5.74) is 6.11. The van der Waals surface area contributed by atoms with E-state index in [0.717, 1.165) is 5.56 Å². The highest BCUT2D eigenvalue weighted by atomic mass is 19.1. The molecule has 1 amide bonds. The monoisotopic (exact) mass is 266 g/mol. The van der Waals surface area contributed by atoms with Gasteiger partial charge in [-0.1, -0.05) is 19.1 Å². The summed E-state index contributed by atoms with van der Waals surface area (Å²) in [4.78, 5) is 12.0. The number of halogens is 1. The van der Waals surface area contributed by atoms with Crippen LogP contribution in [0.25, 0.3) is 0 Å². The van der Waals surface area contributed by atoms with Crippen LogP contribution in [0.1, 0.15) is 32.8 Å². The molecule has 1 aromatic rings. The number of benzene rings is 1. The molecule has 3 nitrogen and oxygen atoms in total. The van der Waals surface area contributed by atoms with Crippen molar-refractivity contribution in [3.63, 3.8) is 0 Å². The molecule has 3 N–H and O–H groups in total. The number of aryl methyl sites for hydroxylation is 1. The van der Waals surface area contributed by atoms with E-state index in [4.69, 9.17) is 5.73 Å². The average molecular weight is 266 g/mol. The summed E-state index contributed by atoms with van der Waals surface area (Å²) >= 11 is 0. The first-order chi connectivity index (χ1) is 8.84. The Morgan fingerprint density at radius 2 is 2.16 bits per heavy atom. The van der Waals surface area contributed by atoms with Gasteiger partial charge in [0.05, 0.1) is 0 Å². The van der Waals surface area contributed by atoms with Crippen molar-refractivity contribution >= 4 is 5.91 Å². The summed E-state index contributed by atoms with van der Waals surface area (Å²) in [7, 11) is 0. The minimum absolute atomic E-state index is 0.00754. The van der Waals surface area contributed by atoms with Crippen molar-refractivity contribution in [2.45, 2.75) is 39.2 Å². The quantitative estimate of drug-likeness (QED) is 0.829. The average Bonchev–Trinajstić information content (AvgIpc) is 2.35. The van der Waals surface area contributed by atoms with E-state index in [1.165, 1.54) is 12.1 Å². The van der Waals surface area contributed by atoms with Gasteiger partial charge in [-0.25, -0.2) is 4.39 Å². The fourth-order valence-electron chi connectivity index (χ4n) is 1.71. The summed E-state index contributed by atoms with van der Waals surface area (Å²) in [6.45, 7) is 6.06. The second-order valence-corrected chi connectivity index (χ2v) is 5.65. The third kappa shape index (κ3) is 5.39. The predicted octanol–water partition coefficient (Wildman–Crippen LogP) is 2.25. The van der Waals surface area contributed by atoms with E-state index in [2.05, 4.69) is 5.32 Å². The van der Waals surface area contributed by atoms with Crippen molar-refractivity contribution in [3.8, 4) is 0 Å². The van der Waals surface area contributed by atoms with Gasteiger partial charge in [0.2, 0.25) is 5.91 Å². The highest BCUT2D eigenvalue weighted by molar-refractivity contribution is 5.79. The van der Waals surface area contributed by atoms with E-state index in [9.17, 15) is 9.18 Å². The van der Waals surface area contributed by atoms with Gasteiger partial charge < -0.3 is 11.1 Å². The maximum Gasteiger partial charge on any atom is 0.223 e. The molecule has 0 spiro atoms. The normalized spacial score (nSPS) is 13.1. The van der Waals surface area contributed by atoms with Gasteiger partial charge in [0, 0.05) is 18.0 Å². The first-order valence-corrected chi connectivity index (χ1v) is 6.60. The minimum Gasteiger partial charge on any atom is -0.350 e. The number of carbonyl (C=O) groups excluding carboxylic acids is 1. The van der Waals surface area contributed by atoms with Crippen LogP contribution in [0.2, 0.25) is 0 Å². The Balaban J connectivity index is 2.47. The van der Waals surface area contributed by atoms with Crippen molar-refractivity contribution < 1.29 is 9.18 Å². The molecule has 0 saturated carbocycles. The zero-order valence-corrected chi connectivity index (χ0v) is 11.9. The van der Waals surface area contributed by atoms with Crippen molar-refractivity contribution in [1.82, 2.24) is 5.32 Å². The van der Waals surface area contributed by atoms with Crippen molar-refractivity contribution in [3.05, 3.63) is 35.6 Å². The molecule has 4 heteroatoms. The number of amides is 1. The molecule has 0 saturated heterocycles. The maximum absolute atomic E-state index is 13.0. The zero-order valence-electron chi connectivity index (χ0n) is 11.9. The minimum atomic E-state index is -0.385. The summed E-state index contributed by atoms with van der Waals surface area (Å²) in [6.07, 6.45) is 1.38. The summed E-state index contributed by atoms with van der Waals surface area (Å²) < 4.78 is 13.0. The summed E-state index contributed by atoms with van der Waals surface area (Å²) in [5.74, 6) is -0.361. The maximum atomic E-state index is 13.0. The van der Waals surface area contributed by atoms with Gasteiger partial charge in [-0.15, -0.1) is 0 Å². The lowest BCUT2D eigenvalue weighted by molar-refractivity contribution is -0.126. The predicted molar refractivity (Wildman–Crippen MR) is 75.2 cm³/mol. The van der Waals surface area contributed by atoms with Crippen molar-refractivity contribution in [2.24, 2.45) is 11.7 Å². The van der Waals surface area contributed by atoms with Crippen LogP contribution in [0, 0.1) is 11.7 Å². The van der Waals surface area contributed by atoms with Crippen LogP contribution in [0.4, 0.5) is 4.39 Å². The van der Waals surface area contributed by atoms with Crippen LogP contribution in [0.3, 0.4) is 0 Å². The lowest BCUT2D eigenvalue weighted by atomic mass is 9.98. The molecule has 1 unspecified atom stereocenters. The summed E-state index contributed by atoms with van der Waals surface area (Å²) in [5, 5.41) is 2.92. The molecule has 0 aromatic heterocycles. The van der Waals surface area contributed by atoms with E-state index in [0.29, 0.717) is 19.4 Å². The third-order valence-electron chi connectivity index (χ3n) is 3.17. The fraction of sp³-hybridized carbons (Fsp3) is 0.533. The molecule has 0 aliphatic rings. The van der Waals surface area contributed by atoms with Gasteiger partial charge in [0.15, 0.2) is 0 Å². The molecule has 1 rings (SSSR count). The van der Waals surface area contributed by atoms with Gasteiger partial charge in [0.25, 0.3) is 0 Å². The molecular weight excluding hydrogens is 243 g/mol. The molecular formula is C15H23FN2O. The molecule has 0 radical (unpaired) electrons. The van der Waals surface area contributed by atoms with E-state index in [-0.39, 0.29) is 23.2 Å². The number of hydrogen-bond acceptors (Lipinski definition) is 2. The van der Waals surface area contributed by atoms with Crippen LogP contribution >= 0.6 is 0 Å². The fourth-order valence-corrected chi connectivity index (χ4v) is 1.71. The van der Waals surface area contributed by atoms with Gasteiger partial charge in [-0.05, 0) is 44.4 Å². The van der Waals surface area contributed by atoms with E-state index >= 15 is 0 Å². The van der Waals surface area contributed by atoms with Crippen molar-refractivity contribution in [1.29, 1.82) is 0 Å². The van der Waals surface area contributed by atoms with E-state index < -0.39 is 0 Å². The number of nitrogens with two attached hydrogens (primary N) is 1. The highest BCUT2D eigenvalue weighted by Crippen LogP contribution is 2.12. The number of carbonyl (C=O) groups is 1. The molecule has 1 aromatic carbocycles. The second-order valence-electron chi connectivity index (χ2n) is 5.65. The largest absolute Gasteiger partial charge is 0.350 e. The highest BCUT2D eigenvalue weighted by Gasteiger charge is 2.21.